The summed E-state index contributed by atoms with van der Waals surface area (Å²) in [5, 5.41) is 1.74. The monoisotopic (exact) mass is 227 g/mol. The van der Waals surface area contributed by atoms with Crippen LogP contribution < -0.4 is 10.9 Å². The molecule has 3 nitrogen and oxygen atoms in total. The van der Waals surface area contributed by atoms with Crippen LogP contribution in [0, 0.1) is 6.92 Å². The number of nitrogens with two attached hydrogens (primary N) is 1. The first-order valence-electron chi connectivity index (χ1n) is 5.70. The summed E-state index contributed by atoms with van der Waals surface area (Å²) >= 11 is 0. The quantitative estimate of drug-likeness (QED) is 0.647. The van der Waals surface area contributed by atoms with Gasteiger partial charge in [-0.1, -0.05) is 23.8 Å². The molecule has 1 atom stereocenters. The van der Waals surface area contributed by atoms with Crippen molar-refractivity contribution in [2.45, 2.75) is 19.9 Å². The Hall–Kier alpha value is -1.87. The molecule has 0 amide bonds. The molecule has 1 aromatic carbocycles. The Morgan fingerprint density at radius 1 is 1.12 bits per heavy atom. The first-order chi connectivity index (χ1) is 8.18. The number of rotatable bonds is 3. The second-order valence-electron chi connectivity index (χ2n) is 4.17. The van der Waals surface area contributed by atoms with Gasteiger partial charge < -0.3 is 5.01 Å². The lowest BCUT2D eigenvalue weighted by atomic mass is 10.1. The molecule has 3 heteroatoms. The molecule has 2 N–H and O–H groups in total. The highest BCUT2D eigenvalue weighted by Crippen LogP contribution is 2.22. The van der Waals surface area contributed by atoms with Crippen LogP contribution in [0.15, 0.2) is 48.7 Å². The molecular weight excluding hydrogens is 210 g/mol. The zero-order valence-corrected chi connectivity index (χ0v) is 10.2. The molecule has 1 unspecified atom stereocenters. The molecule has 0 aliphatic heterocycles. The lowest BCUT2D eigenvalue weighted by Crippen LogP contribution is -2.34. The van der Waals surface area contributed by atoms with E-state index in [0.29, 0.717) is 0 Å². The maximum atomic E-state index is 6.11. The van der Waals surface area contributed by atoms with Gasteiger partial charge in [-0.25, -0.2) is 5.84 Å². The number of hydrogen-bond donors (Lipinski definition) is 1. The van der Waals surface area contributed by atoms with E-state index in [1.165, 1.54) is 5.56 Å². The first kappa shape index (κ1) is 11.6. The molecular formula is C14H17N3. The van der Waals surface area contributed by atoms with Crippen molar-refractivity contribution in [3.63, 3.8) is 0 Å². The second-order valence-corrected chi connectivity index (χ2v) is 4.17. The van der Waals surface area contributed by atoms with E-state index in [1.54, 1.807) is 11.2 Å². The van der Waals surface area contributed by atoms with E-state index < -0.39 is 0 Å². The van der Waals surface area contributed by atoms with Crippen LogP contribution in [0.2, 0.25) is 0 Å². The van der Waals surface area contributed by atoms with Crippen LogP contribution in [0.5, 0.6) is 0 Å². The van der Waals surface area contributed by atoms with E-state index in [2.05, 4.69) is 24.0 Å². The largest absolute Gasteiger partial charge is 0.302 e. The first-order valence-corrected chi connectivity index (χ1v) is 5.70. The summed E-state index contributed by atoms with van der Waals surface area (Å²) in [7, 11) is 0. The molecule has 0 spiro atoms. The Bertz CT molecular complexity index is 465. The molecule has 17 heavy (non-hydrogen) atoms. The van der Waals surface area contributed by atoms with E-state index >= 15 is 0 Å². The zero-order valence-electron chi connectivity index (χ0n) is 10.2. The maximum absolute atomic E-state index is 6.11. The Balaban J connectivity index is 2.20. The fourth-order valence-electron chi connectivity index (χ4n) is 1.71. The number of aromatic nitrogens is 1. The van der Waals surface area contributed by atoms with E-state index in [-0.39, 0.29) is 6.04 Å². The number of aryl methyl sites for hydroxylation is 1. The van der Waals surface area contributed by atoms with Gasteiger partial charge in [0.1, 0.15) is 0 Å². The third kappa shape index (κ3) is 2.63. The highest BCUT2D eigenvalue weighted by Gasteiger charge is 2.13. The van der Waals surface area contributed by atoms with Gasteiger partial charge in [0.05, 0.1) is 17.4 Å². The Labute approximate surface area is 102 Å². The predicted octanol–water partition coefficient (Wildman–Crippen LogP) is 2.83. The van der Waals surface area contributed by atoms with Crippen LogP contribution in [0.3, 0.4) is 0 Å². The minimum absolute atomic E-state index is 0.0545. The van der Waals surface area contributed by atoms with Crippen LogP contribution in [-0.4, -0.2) is 4.98 Å². The summed E-state index contributed by atoms with van der Waals surface area (Å²) in [6, 6.07) is 14.1. The van der Waals surface area contributed by atoms with Gasteiger partial charge >= 0.3 is 0 Å². The summed E-state index contributed by atoms with van der Waals surface area (Å²) in [5.74, 6) is 6.11. The van der Waals surface area contributed by atoms with Crippen LogP contribution in [-0.2, 0) is 0 Å². The van der Waals surface area contributed by atoms with Crippen LogP contribution in [0.1, 0.15) is 24.2 Å². The fourth-order valence-corrected chi connectivity index (χ4v) is 1.71. The number of nitrogens with zero attached hydrogens (tertiary/aromatic N) is 2. The lowest BCUT2D eigenvalue weighted by molar-refractivity contribution is 0.676. The molecule has 0 fully saturated rings. The van der Waals surface area contributed by atoms with E-state index in [4.69, 9.17) is 5.84 Å². The lowest BCUT2D eigenvalue weighted by Gasteiger charge is -2.25. The van der Waals surface area contributed by atoms with Crippen LogP contribution in [0.4, 0.5) is 5.69 Å². The van der Waals surface area contributed by atoms with Crippen LogP contribution >= 0.6 is 0 Å². The SMILES string of the molecule is Cc1ccc(N(N)C(C)c2ccccn2)cc1. The molecule has 1 aromatic heterocycles. The third-order valence-corrected chi connectivity index (χ3v) is 2.87. The van der Waals surface area contributed by atoms with Gasteiger partial charge in [0.25, 0.3) is 0 Å². The normalized spacial score (nSPS) is 12.2. The molecule has 88 valence electrons. The van der Waals surface area contributed by atoms with Crippen LogP contribution in [0.25, 0.3) is 0 Å². The number of benzene rings is 1. The minimum Gasteiger partial charge on any atom is -0.302 e. The topological polar surface area (TPSA) is 42.1 Å². The summed E-state index contributed by atoms with van der Waals surface area (Å²) in [6.45, 7) is 4.11. The third-order valence-electron chi connectivity index (χ3n) is 2.87. The smallest absolute Gasteiger partial charge is 0.0844 e. The van der Waals surface area contributed by atoms with Crippen molar-refractivity contribution in [1.29, 1.82) is 0 Å². The number of hydrogen-bond acceptors (Lipinski definition) is 3. The molecule has 0 aliphatic rings. The van der Waals surface area contributed by atoms with Crippen molar-refractivity contribution in [1.82, 2.24) is 4.98 Å². The molecule has 0 saturated carbocycles. The Morgan fingerprint density at radius 3 is 2.41 bits per heavy atom. The predicted molar refractivity (Wildman–Crippen MR) is 70.5 cm³/mol. The molecule has 0 saturated heterocycles. The van der Waals surface area contributed by atoms with Crippen molar-refractivity contribution >= 4 is 5.69 Å². The number of pyridine rings is 1. The van der Waals surface area contributed by atoms with Crippen molar-refractivity contribution < 1.29 is 0 Å². The van der Waals surface area contributed by atoms with Gasteiger partial charge in [0, 0.05) is 6.20 Å². The van der Waals surface area contributed by atoms with E-state index in [9.17, 15) is 0 Å². The van der Waals surface area contributed by atoms with Gasteiger partial charge in [-0.3, -0.25) is 4.98 Å². The van der Waals surface area contributed by atoms with Gasteiger partial charge in [-0.2, -0.15) is 0 Å². The Morgan fingerprint density at radius 2 is 1.82 bits per heavy atom. The summed E-state index contributed by atoms with van der Waals surface area (Å²) in [5.41, 5.74) is 3.19. The van der Waals surface area contributed by atoms with Gasteiger partial charge in [0.15, 0.2) is 0 Å². The highest BCUT2D eigenvalue weighted by molar-refractivity contribution is 5.47. The fraction of sp³-hybridized carbons (Fsp3) is 0.214. The number of anilines is 1. The van der Waals surface area contributed by atoms with Crippen molar-refractivity contribution in [3.05, 3.63) is 59.9 Å². The van der Waals surface area contributed by atoms with Gasteiger partial charge in [-0.15, -0.1) is 0 Å². The van der Waals surface area contributed by atoms with Gasteiger partial charge in [-0.05, 0) is 38.1 Å². The van der Waals surface area contributed by atoms with E-state index in [0.717, 1.165) is 11.4 Å². The van der Waals surface area contributed by atoms with Crippen molar-refractivity contribution in [2.24, 2.45) is 5.84 Å². The summed E-state index contributed by atoms with van der Waals surface area (Å²) < 4.78 is 0. The van der Waals surface area contributed by atoms with Crippen molar-refractivity contribution in [2.75, 3.05) is 5.01 Å². The second kappa shape index (κ2) is 4.97. The molecule has 1 heterocycles. The molecule has 2 aromatic rings. The average molecular weight is 227 g/mol. The van der Waals surface area contributed by atoms with E-state index in [1.807, 2.05) is 37.3 Å². The standard InChI is InChI=1S/C14H17N3/c1-11-6-8-13(9-7-11)17(15)12(2)14-5-3-4-10-16-14/h3-10,12H,15H2,1-2H3. The molecule has 2 rings (SSSR count). The highest BCUT2D eigenvalue weighted by atomic mass is 15.4. The zero-order chi connectivity index (χ0) is 12.3. The minimum atomic E-state index is 0.0545. The molecule has 0 radical (unpaired) electrons. The molecule has 0 bridgehead atoms. The van der Waals surface area contributed by atoms with Gasteiger partial charge in [0.2, 0.25) is 0 Å². The maximum Gasteiger partial charge on any atom is 0.0844 e. The Kier molecular flexibility index (Phi) is 3.40. The number of hydrazine groups is 1. The average Bonchev–Trinajstić information content (AvgIpc) is 2.39. The van der Waals surface area contributed by atoms with Crippen molar-refractivity contribution in [3.8, 4) is 0 Å². The summed E-state index contributed by atoms with van der Waals surface area (Å²) in [6.07, 6.45) is 1.79. The summed E-state index contributed by atoms with van der Waals surface area (Å²) in [4.78, 5) is 4.32. The molecule has 0 aliphatic carbocycles.